The summed E-state index contributed by atoms with van der Waals surface area (Å²) in [5, 5.41) is 15.6. The molecule has 0 fully saturated rings. The molecule has 45 heavy (non-hydrogen) atoms. The van der Waals surface area contributed by atoms with Crippen molar-refractivity contribution in [1.29, 1.82) is 0 Å². The molecule has 1 aliphatic heterocycles. The first-order valence-electron chi connectivity index (χ1n) is 14.6. The molecule has 0 aliphatic carbocycles. The molecule has 6 aromatic rings. The zero-order valence-corrected chi connectivity index (χ0v) is 26.2. The van der Waals surface area contributed by atoms with Crippen LogP contribution in [0.2, 0.25) is 0 Å². The number of aromatic nitrogens is 5. The van der Waals surface area contributed by atoms with Gasteiger partial charge in [0, 0.05) is 71.9 Å². The predicted molar refractivity (Wildman–Crippen MR) is 169 cm³/mol. The van der Waals surface area contributed by atoms with Crippen molar-refractivity contribution in [1.82, 2.24) is 29.9 Å². The van der Waals surface area contributed by atoms with Crippen LogP contribution in [0.4, 0.5) is 13.2 Å². The minimum absolute atomic E-state index is 0.00252. The molecule has 8 nitrogen and oxygen atoms in total. The van der Waals surface area contributed by atoms with E-state index in [2.05, 4.69) is 10.4 Å². The van der Waals surface area contributed by atoms with Gasteiger partial charge in [-0.15, -0.1) is 11.3 Å². The van der Waals surface area contributed by atoms with Gasteiger partial charge in [-0.1, -0.05) is 12.1 Å². The van der Waals surface area contributed by atoms with Crippen LogP contribution in [0.25, 0.3) is 54.8 Å². The van der Waals surface area contributed by atoms with E-state index in [1.165, 1.54) is 23.8 Å². The predicted octanol–water partition coefficient (Wildman–Crippen LogP) is 7.36. The Morgan fingerprint density at radius 3 is 2.60 bits per heavy atom. The Morgan fingerprint density at radius 2 is 1.82 bits per heavy atom. The lowest BCUT2D eigenvalue weighted by Crippen LogP contribution is -2.34. The molecule has 4 aromatic heterocycles. The van der Waals surface area contributed by atoms with Crippen molar-refractivity contribution in [3.8, 4) is 39.5 Å². The number of nitrogens with zero attached hydrogens (tertiary/aromatic N) is 5. The van der Waals surface area contributed by atoms with Gasteiger partial charge in [0.1, 0.15) is 41.2 Å². The van der Waals surface area contributed by atoms with E-state index in [9.17, 15) is 4.39 Å². The second-order valence-corrected chi connectivity index (χ2v) is 12.3. The van der Waals surface area contributed by atoms with E-state index >= 15 is 8.78 Å². The van der Waals surface area contributed by atoms with Crippen molar-refractivity contribution in [2.75, 3.05) is 26.9 Å². The van der Waals surface area contributed by atoms with Crippen molar-refractivity contribution in [3.05, 3.63) is 70.6 Å². The zero-order valence-electron chi connectivity index (χ0n) is 25.4. The number of aryl methyl sites for hydroxylation is 2. The Hall–Kier alpha value is -4.26. The van der Waals surface area contributed by atoms with E-state index in [1.54, 1.807) is 0 Å². The minimum Gasteiger partial charge on any atom is -0.490 e. The maximum Gasteiger partial charge on any atom is 0.142 e. The fourth-order valence-electron chi connectivity index (χ4n) is 6.06. The van der Waals surface area contributed by atoms with E-state index in [1.807, 2.05) is 61.4 Å². The van der Waals surface area contributed by atoms with E-state index in [4.69, 9.17) is 19.6 Å². The molecular formula is C33H31F3N6O2S. The summed E-state index contributed by atoms with van der Waals surface area (Å²) in [6.07, 6.45) is 0. The monoisotopic (exact) mass is 632 g/mol. The normalized spacial score (nSPS) is 16.5. The molecule has 0 bridgehead atoms. The highest BCUT2D eigenvalue weighted by Crippen LogP contribution is 2.48. The number of benzene rings is 2. The highest BCUT2D eigenvalue weighted by Gasteiger charge is 2.31. The van der Waals surface area contributed by atoms with Gasteiger partial charge in [0.25, 0.3) is 0 Å². The summed E-state index contributed by atoms with van der Waals surface area (Å²) in [7, 11) is 3.39. The van der Waals surface area contributed by atoms with E-state index in [-0.39, 0.29) is 53.3 Å². The van der Waals surface area contributed by atoms with Crippen molar-refractivity contribution in [2.24, 2.45) is 7.05 Å². The standard InChI is InChI=1S/C33H31F3N6O2S/c1-16-14-37-17(2)26-13-25(40-42(16)26)32-30(28-22(35)11-20(34)12-27(28)44-9-8-43-5)29-23(36)15-45-33(29)31(38-32)19-6-7-21-18(3)41(4)39-24(21)10-19/h6-7,10-13,15-17,37H,8-9,14H2,1-5H3. The summed E-state index contributed by atoms with van der Waals surface area (Å²) in [4.78, 5) is 5.13. The van der Waals surface area contributed by atoms with Crippen LogP contribution >= 0.6 is 11.3 Å². The average molecular weight is 633 g/mol. The topological polar surface area (TPSA) is 79.0 Å². The zero-order chi connectivity index (χ0) is 31.6. The Labute approximate surface area is 261 Å². The molecule has 1 aliphatic rings. The lowest BCUT2D eigenvalue weighted by atomic mass is 9.94. The number of thiophene rings is 1. The molecule has 232 valence electrons. The summed E-state index contributed by atoms with van der Waals surface area (Å²) in [5.74, 6) is -2.35. The molecule has 0 saturated heterocycles. The van der Waals surface area contributed by atoms with Crippen LogP contribution in [0.5, 0.6) is 5.75 Å². The van der Waals surface area contributed by atoms with Gasteiger partial charge in [-0.3, -0.25) is 9.36 Å². The third kappa shape index (κ3) is 4.88. The molecule has 2 aromatic carbocycles. The lowest BCUT2D eigenvalue weighted by Gasteiger charge is -2.27. The Bertz CT molecular complexity index is 2070. The summed E-state index contributed by atoms with van der Waals surface area (Å²) >= 11 is 1.17. The van der Waals surface area contributed by atoms with Crippen LogP contribution in [0.15, 0.2) is 41.8 Å². The number of rotatable bonds is 7. The second-order valence-electron chi connectivity index (χ2n) is 11.4. The van der Waals surface area contributed by atoms with Crippen LogP contribution in [0, 0.1) is 24.4 Å². The quantitative estimate of drug-likeness (QED) is 0.185. The van der Waals surface area contributed by atoms with Crippen molar-refractivity contribution in [2.45, 2.75) is 32.9 Å². The fourth-order valence-corrected chi connectivity index (χ4v) is 7.00. The van der Waals surface area contributed by atoms with Gasteiger partial charge in [-0.2, -0.15) is 10.2 Å². The first-order valence-corrected chi connectivity index (χ1v) is 15.5. The maximum atomic E-state index is 16.1. The van der Waals surface area contributed by atoms with Gasteiger partial charge in [-0.25, -0.2) is 18.2 Å². The molecule has 2 unspecified atom stereocenters. The highest BCUT2D eigenvalue weighted by atomic mass is 32.1. The molecule has 12 heteroatoms. The molecule has 2 atom stereocenters. The van der Waals surface area contributed by atoms with Crippen LogP contribution in [-0.2, 0) is 11.8 Å². The van der Waals surface area contributed by atoms with Gasteiger partial charge < -0.3 is 14.8 Å². The molecule has 1 N–H and O–H groups in total. The third-order valence-corrected chi connectivity index (χ3v) is 9.44. The van der Waals surface area contributed by atoms with E-state index in [0.717, 1.165) is 40.0 Å². The van der Waals surface area contributed by atoms with E-state index < -0.39 is 17.5 Å². The summed E-state index contributed by atoms with van der Waals surface area (Å²) in [5.41, 5.74) is 4.70. The molecule has 7 rings (SSSR count). The summed E-state index contributed by atoms with van der Waals surface area (Å²) in [6.45, 7) is 7.02. The number of halogens is 3. The summed E-state index contributed by atoms with van der Waals surface area (Å²) in [6, 6.07) is 9.65. The largest absolute Gasteiger partial charge is 0.490 e. The SMILES string of the molecule is COCCOc1cc(F)cc(F)c1-c1c(-c2cc3n(n2)C(C)CNC3C)nc(-c2ccc3c(C)n(C)nc3c2)c2scc(F)c12. The van der Waals surface area contributed by atoms with Gasteiger partial charge in [0.15, 0.2) is 0 Å². The first-order chi connectivity index (χ1) is 21.7. The Balaban J connectivity index is 1.56. The number of hydrogen-bond acceptors (Lipinski definition) is 7. The van der Waals surface area contributed by atoms with Gasteiger partial charge in [-0.05, 0) is 32.9 Å². The number of fused-ring (bicyclic) bond motifs is 3. The lowest BCUT2D eigenvalue weighted by molar-refractivity contribution is 0.146. The molecular weight excluding hydrogens is 601 g/mol. The van der Waals surface area contributed by atoms with Crippen molar-refractivity contribution < 1.29 is 22.6 Å². The number of methoxy groups -OCH3 is 1. The van der Waals surface area contributed by atoms with Crippen LogP contribution in [0.3, 0.4) is 0 Å². The Morgan fingerprint density at radius 1 is 1.00 bits per heavy atom. The third-order valence-electron chi connectivity index (χ3n) is 8.48. The molecule has 0 amide bonds. The molecule has 0 spiro atoms. The van der Waals surface area contributed by atoms with Crippen molar-refractivity contribution >= 4 is 32.3 Å². The average Bonchev–Trinajstić information content (AvgIpc) is 3.71. The first kappa shape index (κ1) is 29.5. The molecule has 0 radical (unpaired) electrons. The van der Waals surface area contributed by atoms with Gasteiger partial charge in [0.05, 0.1) is 39.8 Å². The minimum atomic E-state index is -0.900. The van der Waals surface area contributed by atoms with Crippen LogP contribution in [0.1, 0.15) is 37.3 Å². The second kappa shape index (κ2) is 11.3. The van der Waals surface area contributed by atoms with E-state index in [0.29, 0.717) is 22.6 Å². The molecule has 0 saturated carbocycles. The van der Waals surface area contributed by atoms with Crippen LogP contribution < -0.4 is 10.1 Å². The highest BCUT2D eigenvalue weighted by molar-refractivity contribution is 7.17. The fraction of sp³-hybridized carbons (Fsp3) is 0.303. The number of pyridine rings is 1. The molecule has 5 heterocycles. The number of ether oxygens (including phenoxy) is 2. The smallest absolute Gasteiger partial charge is 0.142 e. The summed E-state index contributed by atoms with van der Waals surface area (Å²) < 4.78 is 61.9. The van der Waals surface area contributed by atoms with Gasteiger partial charge >= 0.3 is 0 Å². The van der Waals surface area contributed by atoms with Gasteiger partial charge in [0.2, 0.25) is 0 Å². The number of hydrogen-bond donors (Lipinski definition) is 1. The van der Waals surface area contributed by atoms with Crippen LogP contribution in [-0.4, -0.2) is 51.4 Å². The maximum absolute atomic E-state index is 16.1. The number of nitrogens with one attached hydrogen (secondary N) is 1. The van der Waals surface area contributed by atoms with Crippen molar-refractivity contribution in [3.63, 3.8) is 0 Å². The Kier molecular flexibility index (Phi) is 7.38.